The van der Waals surface area contributed by atoms with Crippen molar-refractivity contribution in [1.82, 2.24) is 5.32 Å². The lowest BCUT2D eigenvalue weighted by atomic mass is 10.1. The van der Waals surface area contributed by atoms with E-state index in [1.54, 1.807) is 11.3 Å². The Labute approximate surface area is 97.2 Å². The Morgan fingerprint density at radius 3 is 2.93 bits per heavy atom. The molecule has 0 saturated carbocycles. The van der Waals surface area contributed by atoms with Gasteiger partial charge in [-0.2, -0.15) is 11.3 Å². The summed E-state index contributed by atoms with van der Waals surface area (Å²) < 4.78 is 0. The highest BCUT2D eigenvalue weighted by atomic mass is 32.1. The van der Waals surface area contributed by atoms with Gasteiger partial charge in [0.15, 0.2) is 0 Å². The number of allylic oxidation sites excluding steroid dienone is 1. The Kier molecular flexibility index (Phi) is 5.66. The quantitative estimate of drug-likeness (QED) is 0.573. The maximum atomic E-state index is 3.42. The third kappa shape index (κ3) is 5.75. The van der Waals surface area contributed by atoms with Gasteiger partial charge in [0.2, 0.25) is 0 Å². The molecule has 0 atom stereocenters. The number of hydrogen-bond donors (Lipinski definition) is 1. The second kappa shape index (κ2) is 6.81. The summed E-state index contributed by atoms with van der Waals surface area (Å²) in [5.41, 5.74) is 2.91. The molecule has 1 N–H and O–H groups in total. The Morgan fingerprint density at radius 2 is 2.33 bits per heavy atom. The van der Waals surface area contributed by atoms with Crippen LogP contribution in [0.1, 0.15) is 32.8 Å². The van der Waals surface area contributed by atoms with E-state index in [4.69, 9.17) is 0 Å². The first kappa shape index (κ1) is 12.5. The zero-order valence-corrected chi connectivity index (χ0v) is 10.7. The number of hydrogen-bond acceptors (Lipinski definition) is 2. The topological polar surface area (TPSA) is 12.0 Å². The average Bonchev–Trinajstić information content (AvgIpc) is 2.64. The van der Waals surface area contributed by atoms with Crippen molar-refractivity contribution >= 4 is 11.3 Å². The molecule has 1 heterocycles. The van der Waals surface area contributed by atoms with Gasteiger partial charge in [0.1, 0.15) is 0 Å². The van der Waals surface area contributed by atoms with Gasteiger partial charge in [0.25, 0.3) is 0 Å². The number of rotatable bonds is 6. The fraction of sp³-hybridized carbons (Fsp3) is 0.538. The van der Waals surface area contributed by atoms with Crippen molar-refractivity contribution in [1.29, 1.82) is 0 Å². The van der Waals surface area contributed by atoms with Crippen LogP contribution in [-0.2, 0) is 6.42 Å². The van der Waals surface area contributed by atoms with E-state index < -0.39 is 0 Å². The van der Waals surface area contributed by atoms with Crippen LogP contribution in [0.4, 0.5) is 0 Å². The molecule has 1 aromatic heterocycles. The lowest BCUT2D eigenvalue weighted by molar-refractivity contribution is 0.594. The lowest BCUT2D eigenvalue weighted by Gasteiger charge is -2.06. The molecule has 1 aromatic rings. The third-order valence-electron chi connectivity index (χ3n) is 2.25. The molecule has 0 aromatic carbocycles. The van der Waals surface area contributed by atoms with Gasteiger partial charge in [-0.15, -0.1) is 0 Å². The summed E-state index contributed by atoms with van der Waals surface area (Å²) in [5, 5.41) is 7.78. The second-order valence-corrected chi connectivity index (χ2v) is 5.04. The first-order chi connectivity index (χ1) is 7.18. The van der Waals surface area contributed by atoms with E-state index in [1.807, 2.05) is 0 Å². The van der Waals surface area contributed by atoms with E-state index in [1.165, 1.54) is 11.1 Å². The van der Waals surface area contributed by atoms with Crippen LogP contribution >= 0.6 is 11.3 Å². The molecule has 0 aliphatic heterocycles. The Balaban J connectivity index is 2.22. The van der Waals surface area contributed by atoms with Gasteiger partial charge in [-0.1, -0.05) is 25.5 Å². The van der Waals surface area contributed by atoms with Crippen LogP contribution in [0.3, 0.4) is 0 Å². The van der Waals surface area contributed by atoms with Gasteiger partial charge >= 0.3 is 0 Å². The molecule has 0 fully saturated rings. The molecule has 2 heteroatoms. The summed E-state index contributed by atoms with van der Waals surface area (Å²) in [5.74, 6) is 0. The van der Waals surface area contributed by atoms with Gasteiger partial charge in [-0.25, -0.2) is 0 Å². The maximum absolute atomic E-state index is 3.42. The molecule has 0 saturated heterocycles. The molecule has 0 amide bonds. The predicted octanol–water partition coefficient (Wildman–Crippen LogP) is 3.63. The van der Waals surface area contributed by atoms with E-state index in [-0.39, 0.29) is 0 Å². The molecule has 1 rings (SSSR count). The minimum atomic E-state index is 0.593. The third-order valence-corrected chi connectivity index (χ3v) is 2.98. The minimum Gasteiger partial charge on any atom is -0.314 e. The fourth-order valence-electron chi connectivity index (χ4n) is 1.48. The Hall–Kier alpha value is -0.600. The molecule has 0 radical (unpaired) electrons. The molecule has 15 heavy (non-hydrogen) atoms. The van der Waals surface area contributed by atoms with Crippen LogP contribution in [0.2, 0.25) is 0 Å². The lowest BCUT2D eigenvalue weighted by Crippen LogP contribution is -2.23. The highest BCUT2D eigenvalue weighted by Gasteiger charge is 1.95. The summed E-state index contributed by atoms with van der Waals surface area (Å²) in [4.78, 5) is 0. The summed E-state index contributed by atoms with van der Waals surface area (Å²) in [6.07, 6.45) is 4.58. The minimum absolute atomic E-state index is 0.593. The maximum Gasteiger partial charge on any atom is 0.00105 e. The highest BCUT2D eigenvalue weighted by Crippen LogP contribution is 2.11. The molecule has 0 aliphatic carbocycles. The second-order valence-electron chi connectivity index (χ2n) is 4.26. The van der Waals surface area contributed by atoms with Crippen LogP contribution in [-0.4, -0.2) is 12.6 Å². The SMILES string of the molecule is CC(=CCCNC(C)C)Cc1ccsc1. The Morgan fingerprint density at radius 1 is 1.53 bits per heavy atom. The Bertz CT molecular complexity index is 285. The van der Waals surface area contributed by atoms with Crippen LogP contribution in [0, 0.1) is 0 Å². The van der Waals surface area contributed by atoms with E-state index in [2.05, 4.69) is 49.0 Å². The van der Waals surface area contributed by atoms with Crippen molar-refractivity contribution < 1.29 is 0 Å². The smallest absolute Gasteiger partial charge is 0.00105 e. The average molecular weight is 223 g/mol. The van der Waals surface area contributed by atoms with Gasteiger partial charge < -0.3 is 5.32 Å². The molecule has 0 aliphatic rings. The fourth-order valence-corrected chi connectivity index (χ4v) is 2.15. The largest absolute Gasteiger partial charge is 0.314 e. The number of nitrogens with one attached hydrogen (secondary N) is 1. The molecule has 0 spiro atoms. The van der Waals surface area contributed by atoms with Crippen LogP contribution in [0.5, 0.6) is 0 Å². The van der Waals surface area contributed by atoms with Gasteiger partial charge in [-0.3, -0.25) is 0 Å². The van der Waals surface area contributed by atoms with Crippen molar-refractivity contribution in [3.8, 4) is 0 Å². The van der Waals surface area contributed by atoms with Gasteiger partial charge in [0, 0.05) is 6.04 Å². The zero-order chi connectivity index (χ0) is 11.1. The summed E-state index contributed by atoms with van der Waals surface area (Å²) >= 11 is 1.77. The van der Waals surface area contributed by atoms with Gasteiger partial charge in [-0.05, 0) is 48.7 Å². The summed E-state index contributed by atoms with van der Waals surface area (Å²) in [7, 11) is 0. The van der Waals surface area contributed by atoms with Crippen molar-refractivity contribution in [2.45, 2.75) is 39.7 Å². The van der Waals surface area contributed by atoms with Crippen LogP contribution < -0.4 is 5.32 Å². The zero-order valence-electron chi connectivity index (χ0n) is 9.92. The highest BCUT2D eigenvalue weighted by molar-refractivity contribution is 7.07. The van der Waals surface area contributed by atoms with Crippen molar-refractivity contribution in [3.63, 3.8) is 0 Å². The van der Waals surface area contributed by atoms with Crippen molar-refractivity contribution in [3.05, 3.63) is 34.0 Å². The predicted molar refractivity (Wildman–Crippen MR) is 69.5 cm³/mol. The summed E-state index contributed by atoms with van der Waals surface area (Å²) in [6.45, 7) is 7.66. The molecular weight excluding hydrogens is 202 g/mol. The molecule has 0 unspecified atom stereocenters. The normalized spacial score (nSPS) is 12.4. The molecular formula is C13H21NS. The first-order valence-electron chi connectivity index (χ1n) is 5.58. The van der Waals surface area contributed by atoms with Crippen molar-refractivity contribution in [2.24, 2.45) is 0 Å². The van der Waals surface area contributed by atoms with E-state index >= 15 is 0 Å². The van der Waals surface area contributed by atoms with E-state index in [9.17, 15) is 0 Å². The molecule has 0 bridgehead atoms. The monoisotopic (exact) mass is 223 g/mol. The van der Waals surface area contributed by atoms with E-state index in [0.29, 0.717) is 6.04 Å². The first-order valence-corrected chi connectivity index (χ1v) is 6.53. The molecule has 1 nitrogen and oxygen atoms in total. The molecule has 84 valence electrons. The van der Waals surface area contributed by atoms with Crippen molar-refractivity contribution in [2.75, 3.05) is 6.54 Å². The van der Waals surface area contributed by atoms with Gasteiger partial charge in [0.05, 0.1) is 0 Å². The van der Waals surface area contributed by atoms with Crippen LogP contribution in [0.15, 0.2) is 28.5 Å². The van der Waals surface area contributed by atoms with E-state index in [0.717, 1.165) is 19.4 Å². The van der Waals surface area contributed by atoms with Crippen LogP contribution in [0.25, 0.3) is 0 Å². The standard InChI is InChI=1S/C13H21NS/c1-11(2)14-7-4-5-12(3)9-13-6-8-15-10-13/h5-6,8,10-11,14H,4,7,9H2,1-3H3. The summed E-state index contributed by atoms with van der Waals surface area (Å²) in [6, 6.07) is 2.80. The number of thiophene rings is 1.